The van der Waals surface area contributed by atoms with Crippen molar-refractivity contribution in [2.24, 2.45) is 33.6 Å². The van der Waals surface area contributed by atoms with Gasteiger partial charge in [0, 0.05) is 29.5 Å². The number of hydrogen-bond donors (Lipinski definition) is 4. The molecule has 0 aromatic heterocycles. The summed E-state index contributed by atoms with van der Waals surface area (Å²) in [4.78, 5) is 16.5. The molecule has 0 aromatic carbocycles. The predicted octanol–water partition coefficient (Wildman–Crippen LogP) is 2.54. The van der Waals surface area contributed by atoms with Gasteiger partial charge in [0.05, 0.1) is 30.0 Å². The normalized spacial score (nSPS) is 49.2. The van der Waals surface area contributed by atoms with Crippen LogP contribution in [0.4, 0.5) is 0 Å². The molecule has 5 rings (SSSR count). The van der Waals surface area contributed by atoms with E-state index >= 15 is 0 Å². The Morgan fingerprint density at radius 2 is 1.91 bits per heavy atom. The summed E-state index contributed by atoms with van der Waals surface area (Å²) >= 11 is 0. The minimum atomic E-state index is -1.06. The number of cyclic esters (lactones) is 1. The smallest absolute Gasteiger partial charge is 0.331 e. The quantitative estimate of drug-likeness (QED) is 0.358. The number of esters is 1. The first-order chi connectivity index (χ1) is 16.1. The highest BCUT2D eigenvalue weighted by molar-refractivity contribution is 5.85. The zero-order valence-electron chi connectivity index (χ0n) is 20.6. The van der Waals surface area contributed by atoms with Gasteiger partial charge in [-0.2, -0.15) is 0 Å². The van der Waals surface area contributed by atoms with Crippen molar-refractivity contribution in [3.05, 3.63) is 11.6 Å². The second-order valence-electron chi connectivity index (χ2n) is 12.0. The lowest BCUT2D eigenvalue weighted by molar-refractivity contribution is -0.237. The van der Waals surface area contributed by atoms with Crippen LogP contribution in [-0.4, -0.2) is 69.2 Å². The molecule has 0 radical (unpaired) electrons. The Kier molecular flexibility index (Phi) is 6.03. The molecule has 0 spiro atoms. The molecule has 7 heteroatoms. The van der Waals surface area contributed by atoms with E-state index in [0.29, 0.717) is 45.1 Å². The molecule has 0 bridgehead atoms. The fraction of sp³-hybridized carbons (Fsp3) is 0.852. The van der Waals surface area contributed by atoms with E-state index in [0.717, 1.165) is 31.3 Å². The van der Waals surface area contributed by atoms with Crippen LogP contribution < -0.4 is 0 Å². The van der Waals surface area contributed by atoms with Gasteiger partial charge in [0.25, 0.3) is 0 Å². The fourth-order valence-corrected chi connectivity index (χ4v) is 8.88. The van der Waals surface area contributed by atoms with Crippen LogP contribution in [0, 0.1) is 28.6 Å². The van der Waals surface area contributed by atoms with Crippen molar-refractivity contribution in [2.75, 3.05) is 13.2 Å². The summed E-state index contributed by atoms with van der Waals surface area (Å²) in [5.41, 5.74) is -1.88. The van der Waals surface area contributed by atoms with Crippen molar-refractivity contribution in [2.45, 2.75) is 101 Å². The number of fused-ring (bicyclic) bond motifs is 5. The third kappa shape index (κ3) is 3.30. The van der Waals surface area contributed by atoms with Crippen molar-refractivity contribution in [3.8, 4) is 0 Å². The Balaban J connectivity index is 1.53. The molecule has 0 saturated heterocycles. The van der Waals surface area contributed by atoms with E-state index in [4.69, 9.17) is 9.73 Å². The molecular formula is C27H41NO6. The van der Waals surface area contributed by atoms with Gasteiger partial charge in [0.2, 0.25) is 0 Å². The largest absolute Gasteiger partial charge is 0.458 e. The Morgan fingerprint density at radius 1 is 1.15 bits per heavy atom. The summed E-state index contributed by atoms with van der Waals surface area (Å²) in [5, 5.41) is 44.6. The summed E-state index contributed by atoms with van der Waals surface area (Å²) in [6.07, 6.45) is 9.79. The van der Waals surface area contributed by atoms with Gasteiger partial charge in [-0.15, -0.1) is 0 Å². The summed E-state index contributed by atoms with van der Waals surface area (Å²) in [6.45, 7) is 4.49. The van der Waals surface area contributed by atoms with Crippen LogP contribution in [0.2, 0.25) is 0 Å². The molecular weight excluding hydrogens is 434 g/mol. The molecule has 9 atom stereocenters. The molecule has 4 fully saturated rings. The number of ether oxygens (including phenoxy) is 1. The monoisotopic (exact) mass is 475 g/mol. The molecule has 34 heavy (non-hydrogen) atoms. The van der Waals surface area contributed by atoms with Gasteiger partial charge in [-0.05, 0) is 81.1 Å². The van der Waals surface area contributed by atoms with Gasteiger partial charge >= 0.3 is 5.97 Å². The lowest BCUT2D eigenvalue weighted by atomic mass is 9.41. The molecule has 1 unspecified atom stereocenters. The molecule has 0 amide bonds. The first kappa shape index (κ1) is 24.4. The van der Waals surface area contributed by atoms with Crippen molar-refractivity contribution in [1.29, 1.82) is 0 Å². The second kappa shape index (κ2) is 8.39. The number of aliphatic imine (C=N–C) groups is 1. The van der Waals surface area contributed by atoms with Crippen LogP contribution >= 0.6 is 0 Å². The van der Waals surface area contributed by atoms with Gasteiger partial charge in [-0.1, -0.05) is 13.8 Å². The first-order valence-corrected chi connectivity index (χ1v) is 13.3. The molecule has 1 aliphatic heterocycles. The van der Waals surface area contributed by atoms with E-state index in [1.54, 1.807) is 6.08 Å². The Labute approximate surface area is 202 Å². The van der Waals surface area contributed by atoms with E-state index in [9.17, 15) is 25.2 Å². The zero-order valence-corrected chi connectivity index (χ0v) is 20.6. The number of nitrogens with zero attached hydrogens (tertiary/aromatic N) is 1. The lowest BCUT2D eigenvalue weighted by Gasteiger charge is -2.65. The molecule has 190 valence electrons. The van der Waals surface area contributed by atoms with E-state index in [1.165, 1.54) is 0 Å². The fourth-order valence-electron chi connectivity index (χ4n) is 8.88. The Bertz CT molecular complexity index is 884. The highest BCUT2D eigenvalue weighted by Gasteiger charge is 2.71. The number of aliphatic hydroxyl groups excluding tert-OH is 2. The van der Waals surface area contributed by atoms with Crippen molar-refractivity contribution in [1.82, 2.24) is 0 Å². The van der Waals surface area contributed by atoms with Gasteiger partial charge in [0.1, 0.15) is 6.61 Å². The van der Waals surface area contributed by atoms with Gasteiger partial charge in [-0.3, -0.25) is 4.99 Å². The second-order valence-corrected chi connectivity index (χ2v) is 12.0. The average Bonchev–Trinajstić information content (AvgIpc) is 3.34. The average molecular weight is 476 g/mol. The maximum absolute atomic E-state index is 12.4. The highest BCUT2D eigenvalue weighted by atomic mass is 16.5. The maximum atomic E-state index is 12.4. The summed E-state index contributed by atoms with van der Waals surface area (Å²) < 4.78 is 5.22. The Morgan fingerprint density at radius 3 is 2.59 bits per heavy atom. The molecule has 4 aliphatic carbocycles. The minimum Gasteiger partial charge on any atom is -0.458 e. The van der Waals surface area contributed by atoms with Crippen molar-refractivity contribution >= 4 is 12.2 Å². The zero-order chi connectivity index (χ0) is 24.4. The summed E-state index contributed by atoms with van der Waals surface area (Å²) in [6, 6.07) is -0.203. The third-order valence-corrected chi connectivity index (χ3v) is 10.8. The molecule has 5 aliphatic rings. The van der Waals surface area contributed by atoms with Gasteiger partial charge in [0.15, 0.2) is 0 Å². The SMILES string of the molecule is CCC(CO)N=C[C@]12CC[C@H](O)C[C@@]1(O)CC[C@@H]1[C@@H]2CC[C@]2(C)[C@@H](C3=CC(=O)OC3)CC[C@]12O. The van der Waals surface area contributed by atoms with Crippen molar-refractivity contribution in [3.63, 3.8) is 0 Å². The predicted molar refractivity (Wildman–Crippen MR) is 127 cm³/mol. The van der Waals surface area contributed by atoms with E-state index in [-0.39, 0.29) is 41.8 Å². The number of hydrogen-bond acceptors (Lipinski definition) is 7. The van der Waals surface area contributed by atoms with Crippen LogP contribution in [0.3, 0.4) is 0 Å². The highest BCUT2D eigenvalue weighted by Crippen LogP contribution is 2.70. The number of carbonyl (C=O) groups is 1. The maximum Gasteiger partial charge on any atom is 0.331 e. The van der Waals surface area contributed by atoms with Crippen LogP contribution in [0.15, 0.2) is 16.6 Å². The molecule has 4 N–H and O–H groups in total. The van der Waals surface area contributed by atoms with E-state index < -0.39 is 22.7 Å². The van der Waals surface area contributed by atoms with Crippen LogP contribution in [-0.2, 0) is 9.53 Å². The third-order valence-electron chi connectivity index (χ3n) is 10.8. The van der Waals surface area contributed by atoms with Crippen LogP contribution in [0.1, 0.15) is 78.1 Å². The molecule has 7 nitrogen and oxygen atoms in total. The number of carbonyl (C=O) groups excluding carboxylic acids is 1. The number of rotatable bonds is 5. The topological polar surface area (TPSA) is 120 Å². The lowest BCUT2D eigenvalue weighted by Crippen LogP contribution is -2.68. The van der Waals surface area contributed by atoms with Crippen LogP contribution in [0.25, 0.3) is 0 Å². The molecule has 1 heterocycles. The standard InChI is InChI=1S/C27H41NO6/c1-3-18(14-29)28-16-25-9-4-19(30)13-26(25,32)10-6-22-21(25)5-8-24(2)20(7-11-27(22,24)33)17-12-23(31)34-15-17/h12,16,18-22,29-30,32-33H,3-11,13-15H2,1-2H3/t18?,19-,20+,21-,22+,24+,25-,26-,27-/m0/s1. The summed E-state index contributed by atoms with van der Waals surface area (Å²) in [7, 11) is 0. The Hall–Kier alpha value is -1.28. The van der Waals surface area contributed by atoms with Gasteiger partial charge in [-0.25, -0.2) is 4.79 Å². The first-order valence-electron chi connectivity index (χ1n) is 13.3. The summed E-state index contributed by atoms with van der Waals surface area (Å²) in [5.74, 6) is -0.0740. The van der Waals surface area contributed by atoms with E-state index in [1.807, 2.05) is 13.1 Å². The van der Waals surface area contributed by atoms with E-state index in [2.05, 4.69) is 6.92 Å². The minimum absolute atomic E-state index is 0.0195. The number of aliphatic hydroxyl groups is 4. The van der Waals surface area contributed by atoms with Crippen LogP contribution in [0.5, 0.6) is 0 Å². The van der Waals surface area contributed by atoms with Crippen molar-refractivity contribution < 1.29 is 30.0 Å². The molecule has 4 saturated carbocycles. The molecule has 0 aromatic rings. The van der Waals surface area contributed by atoms with Gasteiger partial charge < -0.3 is 25.2 Å².